The Labute approximate surface area is 260 Å². The lowest BCUT2D eigenvalue weighted by Crippen LogP contribution is -2.25. The van der Waals surface area contributed by atoms with Crippen LogP contribution in [-0.2, 0) is 64.8 Å². The molecule has 0 saturated heterocycles. The van der Waals surface area contributed by atoms with Crippen LogP contribution in [0.5, 0.6) is 0 Å². The van der Waals surface area contributed by atoms with Crippen molar-refractivity contribution in [2.75, 3.05) is 19.4 Å². The minimum atomic E-state index is -4.36. The van der Waals surface area contributed by atoms with E-state index in [1.54, 1.807) is 13.8 Å². The molecule has 0 aliphatic carbocycles. The van der Waals surface area contributed by atoms with Crippen molar-refractivity contribution in [1.82, 2.24) is 0 Å². The predicted octanol–water partition coefficient (Wildman–Crippen LogP) is 4.30. The van der Waals surface area contributed by atoms with Gasteiger partial charge >= 0.3 is 31.2 Å². The van der Waals surface area contributed by atoms with Gasteiger partial charge in [-0.1, -0.05) is 0 Å². The molecule has 2 aromatic heterocycles. The second-order valence-corrected chi connectivity index (χ2v) is 11.9. The number of esters is 2. The summed E-state index contributed by atoms with van der Waals surface area (Å²) in [7, 11) is -4.36. The Kier molecular flexibility index (Phi) is 10.8. The molecule has 1 atom stereocenters. The standard InChI is InChI=1S/C28H31O17P/c1-14-21(42-18(5)38-14)9-34-25(29)8-7-20(26(30)35-10-22-15(2)39-19(6)43-22)13-46(33,36-11-23-16(3)40-27(31)44-23)37-12-24-17(4)41-28(32)45-24/h20H,5-13H2,1-4H3. The minimum absolute atomic E-state index is 0.0119. The van der Waals surface area contributed by atoms with E-state index in [0.717, 1.165) is 0 Å². The molecular weight excluding hydrogens is 639 g/mol. The van der Waals surface area contributed by atoms with Crippen molar-refractivity contribution >= 4 is 19.5 Å². The van der Waals surface area contributed by atoms with Crippen molar-refractivity contribution in [3.63, 3.8) is 0 Å². The number of rotatable bonds is 16. The van der Waals surface area contributed by atoms with Crippen molar-refractivity contribution in [2.24, 2.45) is 5.92 Å². The Hall–Kier alpha value is -4.73. The molecule has 2 aliphatic heterocycles. The molecule has 0 bridgehead atoms. The molecule has 2 aromatic rings. The average molecular weight is 671 g/mol. The molecule has 0 saturated carbocycles. The first-order chi connectivity index (χ1) is 21.7. The smallest absolute Gasteiger partial charge is 0.457 e. The molecule has 4 rings (SSSR count). The lowest BCUT2D eigenvalue weighted by Gasteiger charge is -2.22. The summed E-state index contributed by atoms with van der Waals surface area (Å²) in [5.74, 6) is -3.90. The molecule has 0 N–H and O–H groups in total. The van der Waals surface area contributed by atoms with E-state index < -0.39 is 56.5 Å². The fourth-order valence-electron chi connectivity index (χ4n) is 3.97. The number of aryl methyl sites for hydroxylation is 2. The number of carbonyl (C=O) groups is 2. The van der Waals surface area contributed by atoms with E-state index in [1.165, 1.54) is 13.8 Å². The van der Waals surface area contributed by atoms with E-state index in [-0.39, 0.29) is 72.5 Å². The maximum atomic E-state index is 14.1. The first-order valence-electron chi connectivity index (χ1n) is 13.6. The van der Waals surface area contributed by atoms with Crippen LogP contribution < -0.4 is 11.6 Å². The van der Waals surface area contributed by atoms with Gasteiger partial charge in [0.15, 0.2) is 36.3 Å². The van der Waals surface area contributed by atoms with E-state index in [1.807, 2.05) is 0 Å². The van der Waals surface area contributed by atoms with Crippen LogP contribution in [0.25, 0.3) is 0 Å². The van der Waals surface area contributed by atoms with Crippen LogP contribution in [0.1, 0.15) is 49.7 Å². The zero-order chi connectivity index (χ0) is 33.6. The molecule has 17 nitrogen and oxygen atoms in total. The summed E-state index contributed by atoms with van der Waals surface area (Å²) < 4.78 is 76.2. The zero-order valence-electron chi connectivity index (χ0n) is 25.3. The van der Waals surface area contributed by atoms with Gasteiger partial charge in [0, 0.05) is 6.42 Å². The van der Waals surface area contributed by atoms with Crippen LogP contribution in [-0.4, -0.2) is 31.3 Å². The summed E-state index contributed by atoms with van der Waals surface area (Å²) in [6.45, 7) is 11.3. The largest absolute Gasteiger partial charge is 0.519 e. The molecule has 0 radical (unpaired) electrons. The molecule has 0 spiro atoms. The normalized spacial score (nSPS) is 15.4. The highest BCUT2D eigenvalue weighted by Gasteiger charge is 2.36. The summed E-state index contributed by atoms with van der Waals surface area (Å²) in [5, 5.41) is 0. The third-order valence-corrected chi connectivity index (χ3v) is 8.37. The highest BCUT2D eigenvalue weighted by molar-refractivity contribution is 7.53. The Bertz CT molecular complexity index is 1670. The minimum Gasteiger partial charge on any atom is -0.457 e. The van der Waals surface area contributed by atoms with Gasteiger partial charge in [-0.3, -0.25) is 14.2 Å². The highest BCUT2D eigenvalue weighted by atomic mass is 31.2. The van der Waals surface area contributed by atoms with E-state index in [2.05, 4.69) is 13.2 Å². The fraction of sp³-hybridized carbons (Fsp3) is 0.429. The quantitative estimate of drug-likeness (QED) is 0.180. The predicted molar refractivity (Wildman–Crippen MR) is 149 cm³/mol. The van der Waals surface area contributed by atoms with Crippen LogP contribution in [0.3, 0.4) is 0 Å². The summed E-state index contributed by atoms with van der Waals surface area (Å²) >= 11 is 0. The number of allylic oxidation sites excluding steroid dienone is 2. The molecule has 46 heavy (non-hydrogen) atoms. The maximum absolute atomic E-state index is 14.1. The topological polar surface area (TPSA) is 212 Å². The van der Waals surface area contributed by atoms with E-state index >= 15 is 0 Å². The molecule has 0 amide bonds. The Morgan fingerprint density at radius 1 is 0.717 bits per heavy atom. The Morgan fingerprint density at radius 2 is 1.20 bits per heavy atom. The maximum Gasteiger partial charge on any atom is 0.519 e. The molecular formula is C28H31O17P. The Morgan fingerprint density at radius 3 is 1.61 bits per heavy atom. The molecule has 0 aromatic carbocycles. The fourth-order valence-corrected chi connectivity index (χ4v) is 5.75. The summed E-state index contributed by atoms with van der Waals surface area (Å²) in [6.07, 6.45) is -1.21. The monoisotopic (exact) mass is 670 g/mol. The lowest BCUT2D eigenvalue weighted by molar-refractivity contribution is -0.149. The van der Waals surface area contributed by atoms with Gasteiger partial charge in [-0.05, 0) is 47.3 Å². The summed E-state index contributed by atoms with van der Waals surface area (Å²) in [5.41, 5.74) is 0. The van der Waals surface area contributed by atoms with Crippen LogP contribution in [0.4, 0.5) is 0 Å². The van der Waals surface area contributed by atoms with Gasteiger partial charge in [0.25, 0.3) is 11.9 Å². The third-order valence-electron chi connectivity index (χ3n) is 6.43. The zero-order valence-corrected chi connectivity index (χ0v) is 26.2. The Balaban J connectivity index is 1.51. The molecule has 18 heteroatoms. The van der Waals surface area contributed by atoms with E-state index in [9.17, 15) is 23.7 Å². The van der Waals surface area contributed by atoms with Crippen molar-refractivity contribution in [1.29, 1.82) is 0 Å². The van der Waals surface area contributed by atoms with Crippen molar-refractivity contribution in [3.8, 4) is 0 Å². The van der Waals surface area contributed by atoms with Crippen molar-refractivity contribution in [2.45, 2.75) is 53.8 Å². The van der Waals surface area contributed by atoms with Gasteiger partial charge in [-0.25, -0.2) is 9.59 Å². The summed E-state index contributed by atoms with van der Waals surface area (Å²) in [6, 6.07) is 0. The van der Waals surface area contributed by atoms with Crippen LogP contribution in [0.15, 0.2) is 75.3 Å². The highest BCUT2D eigenvalue weighted by Crippen LogP contribution is 2.52. The lowest BCUT2D eigenvalue weighted by atomic mass is 10.1. The van der Waals surface area contributed by atoms with Crippen molar-refractivity contribution < 1.29 is 69.3 Å². The SMILES string of the molecule is C=C1OC(C)=C(COC(=O)CCC(CP(=O)(OCc2oc(=O)oc2C)OCc2oc(=O)oc2C)C(=O)OCC2=C(C)OC(=C)O2)O1. The van der Waals surface area contributed by atoms with Gasteiger partial charge in [-0.15, -0.1) is 0 Å². The molecule has 2 aliphatic rings. The van der Waals surface area contributed by atoms with Crippen LogP contribution in [0.2, 0.25) is 0 Å². The van der Waals surface area contributed by atoms with E-state index in [0.29, 0.717) is 11.5 Å². The van der Waals surface area contributed by atoms with E-state index in [4.69, 9.17) is 55.1 Å². The number of carbonyl (C=O) groups excluding carboxylic acids is 2. The molecule has 250 valence electrons. The van der Waals surface area contributed by atoms with Gasteiger partial charge < -0.3 is 55.1 Å². The molecule has 1 unspecified atom stereocenters. The van der Waals surface area contributed by atoms with Gasteiger partial charge in [0.1, 0.15) is 36.3 Å². The second-order valence-electron chi connectivity index (χ2n) is 9.82. The van der Waals surface area contributed by atoms with Gasteiger partial charge in [0.2, 0.25) is 0 Å². The van der Waals surface area contributed by atoms with Crippen LogP contribution >= 0.6 is 7.60 Å². The number of hydrogen-bond acceptors (Lipinski definition) is 17. The first-order valence-corrected chi connectivity index (χ1v) is 15.3. The molecule has 4 heterocycles. The number of ether oxygens (including phenoxy) is 6. The average Bonchev–Trinajstić information content (AvgIpc) is 3.70. The van der Waals surface area contributed by atoms with Gasteiger partial charge in [0.05, 0.1) is 12.1 Å². The third kappa shape index (κ3) is 9.15. The second kappa shape index (κ2) is 14.6. The van der Waals surface area contributed by atoms with Crippen molar-refractivity contribution in [3.05, 3.63) is 92.4 Å². The summed E-state index contributed by atoms with van der Waals surface area (Å²) in [4.78, 5) is 49.0. The first kappa shape index (κ1) is 34.1. The number of hydrogen-bond donors (Lipinski definition) is 0. The van der Waals surface area contributed by atoms with Gasteiger partial charge in [-0.2, -0.15) is 0 Å². The molecule has 0 fully saturated rings. The van der Waals surface area contributed by atoms with Crippen LogP contribution in [0, 0.1) is 19.8 Å².